The molecule has 2 fully saturated rings. The van der Waals surface area contributed by atoms with Gasteiger partial charge >= 0.3 is 0 Å². The molecule has 1 aromatic heterocycles. The topological polar surface area (TPSA) is 91.8 Å². The van der Waals surface area contributed by atoms with E-state index in [4.69, 9.17) is 4.74 Å². The highest BCUT2D eigenvalue weighted by Gasteiger charge is 2.26. The highest BCUT2D eigenvalue weighted by Crippen LogP contribution is 2.17. The van der Waals surface area contributed by atoms with Crippen molar-refractivity contribution in [2.45, 2.75) is 24.2 Å². The summed E-state index contributed by atoms with van der Waals surface area (Å²) >= 11 is 0. The molecule has 3 heterocycles. The molecule has 0 aromatic carbocycles. The van der Waals surface area contributed by atoms with Crippen LogP contribution in [-0.4, -0.2) is 74.5 Å². The van der Waals surface area contributed by atoms with Gasteiger partial charge in [-0.15, -0.1) is 0 Å². The number of ether oxygens (including phenoxy) is 1. The van der Waals surface area contributed by atoms with E-state index in [1.165, 1.54) is 10.5 Å². The van der Waals surface area contributed by atoms with Gasteiger partial charge in [0.15, 0.2) is 0 Å². The molecule has 0 saturated carbocycles. The van der Waals surface area contributed by atoms with Crippen LogP contribution in [0.25, 0.3) is 0 Å². The summed E-state index contributed by atoms with van der Waals surface area (Å²) in [5.74, 6) is 0.715. The fourth-order valence-corrected chi connectivity index (χ4v) is 4.35. The first-order chi connectivity index (χ1) is 12.1. The molecule has 25 heavy (non-hydrogen) atoms. The number of rotatable bonds is 6. The van der Waals surface area contributed by atoms with Crippen LogP contribution in [0, 0.1) is 0 Å². The molecule has 9 heteroatoms. The lowest BCUT2D eigenvalue weighted by atomic mass is 10.3. The van der Waals surface area contributed by atoms with Gasteiger partial charge in [-0.2, -0.15) is 4.31 Å². The molecule has 2 saturated heterocycles. The van der Waals surface area contributed by atoms with Crippen LogP contribution < -0.4 is 5.32 Å². The molecule has 2 aliphatic rings. The zero-order valence-electron chi connectivity index (χ0n) is 14.2. The van der Waals surface area contributed by atoms with Crippen LogP contribution in [0.5, 0.6) is 0 Å². The van der Waals surface area contributed by atoms with Gasteiger partial charge in [-0.3, -0.25) is 4.79 Å². The van der Waals surface area contributed by atoms with Crippen LogP contribution >= 0.6 is 0 Å². The summed E-state index contributed by atoms with van der Waals surface area (Å²) in [7, 11) is -3.52. The van der Waals surface area contributed by atoms with E-state index in [0.717, 1.165) is 25.9 Å². The van der Waals surface area contributed by atoms with E-state index in [1.54, 1.807) is 12.1 Å². The number of hydrogen-bond acceptors (Lipinski definition) is 6. The number of morpholine rings is 1. The molecule has 8 nitrogen and oxygen atoms in total. The molecule has 1 amide bonds. The summed E-state index contributed by atoms with van der Waals surface area (Å²) in [5.41, 5.74) is 0. The Morgan fingerprint density at radius 1 is 1.16 bits per heavy atom. The lowest BCUT2D eigenvalue weighted by Crippen LogP contribution is -2.40. The van der Waals surface area contributed by atoms with Gasteiger partial charge in [0.1, 0.15) is 10.7 Å². The van der Waals surface area contributed by atoms with Gasteiger partial charge in [-0.25, -0.2) is 13.4 Å². The Morgan fingerprint density at radius 2 is 1.88 bits per heavy atom. The zero-order chi connectivity index (χ0) is 17.7. The van der Waals surface area contributed by atoms with E-state index in [2.05, 4.69) is 10.3 Å². The first-order valence-electron chi connectivity index (χ1n) is 8.63. The number of hydrogen-bond donors (Lipinski definition) is 1. The molecule has 2 aliphatic heterocycles. The lowest BCUT2D eigenvalue weighted by Gasteiger charge is -2.25. The third-order valence-electron chi connectivity index (χ3n) is 4.45. The predicted octanol–water partition coefficient (Wildman–Crippen LogP) is 0.527. The number of aromatic nitrogens is 1. The Morgan fingerprint density at radius 3 is 2.52 bits per heavy atom. The van der Waals surface area contributed by atoms with Crippen molar-refractivity contribution in [2.75, 3.05) is 51.3 Å². The monoisotopic (exact) mass is 368 g/mol. The van der Waals surface area contributed by atoms with Crippen molar-refractivity contribution in [2.24, 2.45) is 0 Å². The average Bonchev–Trinajstić information content (AvgIpc) is 3.18. The minimum absolute atomic E-state index is 0.150. The van der Waals surface area contributed by atoms with Gasteiger partial charge in [0.2, 0.25) is 15.9 Å². The van der Waals surface area contributed by atoms with Crippen molar-refractivity contribution in [1.29, 1.82) is 0 Å². The number of anilines is 1. The summed E-state index contributed by atoms with van der Waals surface area (Å²) in [6.45, 7) is 3.74. The maximum absolute atomic E-state index is 12.5. The van der Waals surface area contributed by atoms with Crippen LogP contribution in [-0.2, 0) is 19.6 Å². The van der Waals surface area contributed by atoms with Crippen molar-refractivity contribution in [3.05, 3.63) is 18.3 Å². The standard InChI is InChI=1S/C16H24N4O4S/c21-16(19-7-1-2-8-19)5-6-17-15-4-3-14(13-18-15)25(22,23)20-9-11-24-12-10-20/h3-4,13H,1-2,5-12H2,(H,17,18). The maximum Gasteiger partial charge on any atom is 0.244 e. The van der Waals surface area contributed by atoms with E-state index in [0.29, 0.717) is 45.1 Å². The molecule has 0 spiro atoms. The summed E-state index contributed by atoms with van der Waals surface area (Å²) in [6, 6.07) is 3.18. The summed E-state index contributed by atoms with van der Waals surface area (Å²) in [6.07, 6.45) is 3.94. The Bertz CT molecular complexity index is 681. The Labute approximate surface area is 148 Å². The van der Waals surface area contributed by atoms with Crippen molar-refractivity contribution in [3.63, 3.8) is 0 Å². The number of likely N-dealkylation sites (tertiary alicyclic amines) is 1. The third-order valence-corrected chi connectivity index (χ3v) is 6.33. The lowest BCUT2D eigenvalue weighted by molar-refractivity contribution is -0.129. The third kappa shape index (κ3) is 4.47. The Hall–Kier alpha value is -1.71. The molecule has 0 radical (unpaired) electrons. The SMILES string of the molecule is O=C(CCNc1ccc(S(=O)(=O)N2CCOCC2)cn1)N1CCCC1. The maximum atomic E-state index is 12.5. The second-order valence-corrected chi connectivity index (χ2v) is 8.10. The molecule has 0 bridgehead atoms. The van der Waals surface area contributed by atoms with Gasteiger partial charge < -0.3 is 15.0 Å². The fraction of sp³-hybridized carbons (Fsp3) is 0.625. The van der Waals surface area contributed by atoms with Gasteiger partial charge in [0, 0.05) is 45.3 Å². The van der Waals surface area contributed by atoms with E-state index in [9.17, 15) is 13.2 Å². The van der Waals surface area contributed by atoms with Crippen molar-refractivity contribution in [3.8, 4) is 0 Å². The molecular formula is C16H24N4O4S. The second kappa shape index (κ2) is 8.11. The number of carbonyl (C=O) groups excluding carboxylic acids is 1. The molecule has 1 aromatic rings. The highest BCUT2D eigenvalue weighted by atomic mass is 32.2. The van der Waals surface area contributed by atoms with Gasteiger partial charge in [-0.1, -0.05) is 0 Å². The number of nitrogens with zero attached hydrogens (tertiary/aromatic N) is 3. The number of nitrogens with one attached hydrogen (secondary N) is 1. The first-order valence-corrected chi connectivity index (χ1v) is 10.1. The first kappa shape index (κ1) is 18.1. The summed E-state index contributed by atoms with van der Waals surface area (Å²) in [4.78, 5) is 18.2. The molecule has 138 valence electrons. The van der Waals surface area contributed by atoms with E-state index in [-0.39, 0.29) is 10.8 Å². The average molecular weight is 368 g/mol. The number of pyridine rings is 1. The molecule has 3 rings (SSSR count). The molecule has 0 aliphatic carbocycles. The van der Waals surface area contributed by atoms with Gasteiger partial charge in [-0.05, 0) is 25.0 Å². The zero-order valence-corrected chi connectivity index (χ0v) is 15.0. The molecule has 0 atom stereocenters. The van der Waals surface area contributed by atoms with Crippen molar-refractivity contribution < 1.29 is 17.9 Å². The molecule has 1 N–H and O–H groups in total. The summed E-state index contributed by atoms with van der Waals surface area (Å²) in [5, 5.41) is 3.07. The second-order valence-electron chi connectivity index (χ2n) is 6.16. The van der Waals surface area contributed by atoms with E-state index in [1.807, 2.05) is 4.90 Å². The van der Waals surface area contributed by atoms with E-state index >= 15 is 0 Å². The number of carbonyl (C=O) groups is 1. The van der Waals surface area contributed by atoms with E-state index < -0.39 is 10.0 Å². The van der Waals surface area contributed by atoms with Crippen molar-refractivity contribution in [1.82, 2.24) is 14.2 Å². The fourth-order valence-electron chi connectivity index (χ4n) is 3.00. The predicted molar refractivity (Wildman–Crippen MR) is 92.7 cm³/mol. The van der Waals surface area contributed by atoms with Crippen LogP contribution in [0.4, 0.5) is 5.82 Å². The summed E-state index contributed by atoms with van der Waals surface area (Å²) < 4.78 is 31.6. The van der Waals surface area contributed by atoms with Gasteiger partial charge in [0.05, 0.1) is 13.2 Å². The minimum Gasteiger partial charge on any atom is -0.379 e. The quantitative estimate of drug-likeness (QED) is 0.787. The Balaban J connectivity index is 1.52. The number of amides is 1. The largest absolute Gasteiger partial charge is 0.379 e. The number of sulfonamides is 1. The van der Waals surface area contributed by atoms with Crippen LogP contribution in [0.3, 0.4) is 0 Å². The smallest absolute Gasteiger partial charge is 0.244 e. The van der Waals surface area contributed by atoms with Crippen LogP contribution in [0.15, 0.2) is 23.2 Å². The van der Waals surface area contributed by atoms with Crippen LogP contribution in [0.2, 0.25) is 0 Å². The minimum atomic E-state index is -3.52. The Kier molecular flexibility index (Phi) is 5.87. The van der Waals surface area contributed by atoms with Crippen molar-refractivity contribution >= 4 is 21.7 Å². The van der Waals surface area contributed by atoms with Crippen LogP contribution in [0.1, 0.15) is 19.3 Å². The van der Waals surface area contributed by atoms with Gasteiger partial charge in [0.25, 0.3) is 0 Å². The normalized spacial score (nSPS) is 19.1. The molecular weight excluding hydrogens is 344 g/mol. The highest BCUT2D eigenvalue weighted by molar-refractivity contribution is 7.89. The molecule has 0 unspecified atom stereocenters.